The molecule has 0 atom stereocenters. The third-order valence-electron chi connectivity index (χ3n) is 2.47. The summed E-state index contributed by atoms with van der Waals surface area (Å²) in [6, 6.07) is 3.65. The van der Waals surface area contributed by atoms with E-state index in [4.69, 9.17) is 33.6 Å². The lowest BCUT2D eigenvalue weighted by Crippen LogP contribution is -2.29. The van der Waals surface area contributed by atoms with Gasteiger partial charge in [0.1, 0.15) is 4.32 Å². The lowest BCUT2D eigenvalue weighted by atomic mass is 9.79. The van der Waals surface area contributed by atoms with Crippen LogP contribution < -0.4 is 10.8 Å². The highest BCUT2D eigenvalue weighted by Crippen LogP contribution is 2.26. The number of benzene rings is 1. The first-order valence-corrected chi connectivity index (χ1v) is 7.06. The van der Waals surface area contributed by atoms with Gasteiger partial charge in [0, 0.05) is 11.2 Å². The maximum atomic E-state index is 9.66. The van der Waals surface area contributed by atoms with Crippen LogP contribution in [-0.2, 0) is 11.3 Å². The van der Waals surface area contributed by atoms with Crippen LogP contribution in [0.15, 0.2) is 12.1 Å². The Morgan fingerprint density at radius 1 is 1.61 bits per heavy atom. The van der Waals surface area contributed by atoms with Crippen LogP contribution in [0.3, 0.4) is 0 Å². The highest BCUT2D eigenvalue weighted by Gasteiger charge is 2.31. The third-order valence-corrected chi connectivity index (χ3v) is 4.09. The van der Waals surface area contributed by atoms with Crippen LogP contribution in [0.4, 0.5) is 5.69 Å². The molecule has 0 saturated heterocycles. The Balaban J connectivity index is 2.15. The standard InChI is InChI=1S/C10H11BClNO3S2/c12-9-7(13-10(17)18-4-3-14)2-1-6-5-16-11(15)8(6)9/h1-2,14-15H,3-5H2,(H,13,17). The summed E-state index contributed by atoms with van der Waals surface area (Å²) in [4.78, 5) is 0. The molecule has 0 unspecified atom stereocenters. The first kappa shape index (κ1) is 14.1. The molecule has 96 valence electrons. The zero-order valence-electron chi connectivity index (χ0n) is 9.35. The van der Waals surface area contributed by atoms with Gasteiger partial charge in [0.05, 0.1) is 23.9 Å². The van der Waals surface area contributed by atoms with E-state index in [2.05, 4.69) is 5.32 Å². The molecule has 1 aromatic rings. The second kappa shape index (κ2) is 6.23. The van der Waals surface area contributed by atoms with E-state index in [1.54, 1.807) is 6.07 Å². The van der Waals surface area contributed by atoms with Crippen LogP contribution in [-0.4, -0.2) is 33.9 Å². The second-order valence-corrected chi connectivity index (χ2v) is 5.80. The molecule has 3 N–H and O–H groups in total. The number of thioether (sulfide) groups is 1. The van der Waals surface area contributed by atoms with Gasteiger partial charge in [0.25, 0.3) is 0 Å². The molecule has 0 aliphatic carbocycles. The van der Waals surface area contributed by atoms with Crippen LogP contribution in [0.25, 0.3) is 0 Å². The number of aliphatic hydroxyl groups is 1. The topological polar surface area (TPSA) is 61.7 Å². The van der Waals surface area contributed by atoms with E-state index < -0.39 is 7.12 Å². The Morgan fingerprint density at radius 3 is 3.11 bits per heavy atom. The van der Waals surface area contributed by atoms with E-state index in [0.717, 1.165) is 5.56 Å². The Morgan fingerprint density at radius 2 is 2.39 bits per heavy atom. The molecule has 0 radical (unpaired) electrons. The molecular weight excluding hydrogens is 293 g/mol. The molecule has 1 aliphatic heterocycles. The van der Waals surface area contributed by atoms with Crippen molar-refractivity contribution >= 4 is 58.2 Å². The van der Waals surface area contributed by atoms with Gasteiger partial charge in [0.2, 0.25) is 0 Å². The van der Waals surface area contributed by atoms with Crippen LogP contribution in [0.2, 0.25) is 5.02 Å². The van der Waals surface area contributed by atoms with Gasteiger partial charge < -0.3 is 20.1 Å². The van der Waals surface area contributed by atoms with Crippen molar-refractivity contribution in [3.05, 3.63) is 22.7 Å². The number of thiocarbonyl (C=S) groups is 1. The summed E-state index contributed by atoms with van der Waals surface area (Å²) < 4.78 is 5.63. The van der Waals surface area contributed by atoms with E-state index in [-0.39, 0.29) is 6.61 Å². The predicted molar refractivity (Wildman–Crippen MR) is 79.6 cm³/mol. The molecule has 0 spiro atoms. The van der Waals surface area contributed by atoms with Gasteiger partial charge in [-0.3, -0.25) is 0 Å². The fraction of sp³-hybridized carbons (Fsp3) is 0.300. The van der Waals surface area contributed by atoms with Crippen molar-refractivity contribution in [2.24, 2.45) is 0 Å². The number of halogens is 1. The molecule has 8 heteroatoms. The maximum absolute atomic E-state index is 9.66. The smallest absolute Gasteiger partial charge is 0.423 e. The van der Waals surface area contributed by atoms with E-state index in [1.165, 1.54) is 11.8 Å². The SMILES string of the molecule is OCCSC(=S)Nc1ccc2c(c1Cl)B(O)OC2. The second-order valence-electron chi connectivity index (χ2n) is 3.65. The minimum atomic E-state index is -0.979. The van der Waals surface area contributed by atoms with Crippen LogP contribution in [0, 0.1) is 0 Å². The molecule has 18 heavy (non-hydrogen) atoms. The highest BCUT2D eigenvalue weighted by atomic mass is 35.5. The van der Waals surface area contributed by atoms with Gasteiger partial charge in [-0.05, 0) is 11.6 Å². The van der Waals surface area contributed by atoms with Crippen molar-refractivity contribution in [1.82, 2.24) is 0 Å². The predicted octanol–water partition coefficient (Wildman–Crippen LogP) is 0.980. The van der Waals surface area contributed by atoms with Crippen molar-refractivity contribution < 1.29 is 14.8 Å². The van der Waals surface area contributed by atoms with Gasteiger partial charge in [-0.25, -0.2) is 0 Å². The molecular formula is C10H11BClNO3S2. The minimum Gasteiger partial charge on any atom is -0.423 e. The van der Waals surface area contributed by atoms with Gasteiger partial charge in [-0.1, -0.05) is 41.6 Å². The lowest BCUT2D eigenvalue weighted by Gasteiger charge is -2.11. The quantitative estimate of drug-likeness (QED) is 0.572. The summed E-state index contributed by atoms with van der Waals surface area (Å²) in [6.07, 6.45) is 0. The minimum absolute atomic E-state index is 0.0664. The van der Waals surface area contributed by atoms with Gasteiger partial charge in [-0.15, -0.1) is 0 Å². The number of rotatable bonds is 3. The first-order chi connectivity index (χ1) is 8.63. The molecule has 0 saturated carbocycles. The molecule has 0 bridgehead atoms. The maximum Gasteiger partial charge on any atom is 0.493 e. The summed E-state index contributed by atoms with van der Waals surface area (Å²) in [5, 5.41) is 21.8. The number of hydrogen-bond donors (Lipinski definition) is 3. The molecule has 1 heterocycles. The zero-order valence-corrected chi connectivity index (χ0v) is 11.7. The van der Waals surface area contributed by atoms with Crippen LogP contribution in [0.1, 0.15) is 5.56 Å². The van der Waals surface area contributed by atoms with Crippen molar-refractivity contribution in [3.8, 4) is 0 Å². The number of fused-ring (bicyclic) bond motifs is 1. The highest BCUT2D eigenvalue weighted by molar-refractivity contribution is 8.23. The normalized spacial score (nSPS) is 13.6. The van der Waals surface area contributed by atoms with Gasteiger partial charge in [0.15, 0.2) is 0 Å². The van der Waals surface area contributed by atoms with E-state index >= 15 is 0 Å². The Hall–Kier alpha value is -0.305. The molecule has 1 aromatic carbocycles. The van der Waals surface area contributed by atoms with Crippen LogP contribution in [0.5, 0.6) is 0 Å². The molecule has 0 amide bonds. The molecule has 4 nitrogen and oxygen atoms in total. The Kier molecular flexibility index (Phi) is 4.88. The van der Waals surface area contributed by atoms with Crippen molar-refractivity contribution in [2.75, 3.05) is 17.7 Å². The zero-order chi connectivity index (χ0) is 13.1. The lowest BCUT2D eigenvalue weighted by molar-refractivity contribution is 0.275. The average molecular weight is 304 g/mol. The van der Waals surface area contributed by atoms with Crippen molar-refractivity contribution in [3.63, 3.8) is 0 Å². The number of anilines is 1. The molecule has 1 aliphatic rings. The molecule has 0 fully saturated rings. The average Bonchev–Trinajstić information content (AvgIpc) is 2.73. The summed E-state index contributed by atoms with van der Waals surface area (Å²) in [5.41, 5.74) is 2.11. The molecule has 2 rings (SSSR count). The Labute approximate surface area is 120 Å². The van der Waals surface area contributed by atoms with E-state index in [0.29, 0.717) is 32.9 Å². The third kappa shape index (κ3) is 2.99. The number of hydrogen-bond acceptors (Lipinski definition) is 5. The number of nitrogens with one attached hydrogen (secondary N) is 1. The molecule has 0 aromatic heterocycles. The van der Waals surface area contributed by atoms with Crippen molar-refractivity contribution in [1.29, 1.82) is 0 Å². The van der Waals surface area contributed by atoms with Gasteiger partial charge >= 0.3 is 7.12 Å². The first-order valence-electron chi connectivity index (χ1n) is 5.29. The van der Waals surface area contributed by atoms with E-state index in [1.807, 2.05) is 6.07 Å². The largest absolute Gasteiger partial charge is 0.493 e. The van der Waals surface area contributed by atoms with E-state index in [9.17, 15) is 5.02 Å². The van der Waals surface area contributed by atoms with Gasteiger partial charge in [-0.2, -0.15) is 0 Å². The monoisotopic (exact) mass is 303 g/mol. The summed E-state index contributed by atoms with van der Waals surface area (Å²) in [7, 11) is -0.979. The Bertz CT molecular complexity index is 475. The summed E-state index contributed by atoms with van der Waals surface area (Å²) >= 11 is 12.6. The fourth-order valence-corrected chi connectivity index (χ4v) is 2.80. The van der Waals surface area contributed by atoms with Crippen LogP contribution >= 0.6 is 35.6 Å². The fourth-order valence-electron chi connectivity index (χ4n) is 1.66. The van der Waals surface area contributed by atoms with Crippen molar-refractivity contribution in [2.45, 2.75) is 6.61 Å². The number of aliphatic hydroxyl groups excluding tert-OH is 1. The summed E-state index contributed by atoms with van der Waals surface area (Å²) in [5.74, 6) is 0.528. The summed E-state index contributed by atoms with van der Waals surface area (Å²) in [6.45, 7) is 0.428.